The number of carbonyl (C=O) groups is 1. The van der Waals surface area contributed by atoms with Gasteiger partial charge in [0.05, 0.1) is 12.6 Å². The lowest BCUT2D eigenvalue weighted by atomic mass is 9.88. The van der Waals surface area contributed by atoms with Crippen molar-refractivity contribution in [2.75, 3.05) is 12.8 Å². The highest BCUT2D eigenvalue weighted by Crippen LogP contribution is 2.38. The van der Waals surface area contributed by atoms with Crippen LogP contribution in [0.3, 0.4) is 0 Å². The monoisotopic (exact) mass is 234 g/mol. The molecule has 1 amide bonds. The van der Waals surface area contributed by atoms with E-state index in [9.17, 15) is 4.79 Å². The van der Waals surface area contributed by atoms with Gasteiger partial charge in [-0.25, -0.2) is 4.79 Å². The van der Waals surface area contributed by atoms with E-state index in [0.717, 1.165) is 36.9 Å². The predicted octanol–water partition coefficient (Wildman–Crippen LogP) is 2.39. The van der Waals surface area contributed by atoms with Crippen LogP contribution in [-0.4, -0.2) is 13.2 Å². The lowest BCUT2D eigenvalue weighted by molar-refractivity contribution is 0.155. The van der Waals surface area contributed by atoms with Crippen molar-refractivity contribution in [3.05, 3.63) is 29.8 Å². The van der Waals surface area contributed by atoms with E-state index in [1.165, 1.54) is 7.11 Å². The molecule has 0 spiro atoms. The SMILES string of the molecule is COC(=O)NC1(c2ccc(N)cc2)CCCC1. The Labute approximate surface area is 101 Å². The number of nitrogens with one attached hydrogen (secondary N) is 1. The van der Waals surface area contributed by atoms with Crippen molar-refractivity contribution >= 4 is 11.8 Å². The van der Waals surface area contributed by atoms with Crippen LogP contribution in [0.25, 0.3) is 0 Å². The van der Waals surface area contributed by atoms with Gasteiger partial charge >= 0.3 is 6.09 Å². The molecule has 1 aliphatic carbocycles. The number of carbonyl (C=O) groups excluding carboxylic acids is 1. The molecule has 0 aromatic heterocycles. The Hall–Kier alpha value is -1.71. The maximum absolute atomic E-state index is 11.5. The molecule has 1 fully saturated rings. The number of anilines is 1. The van der Waals surface area contributed by atoms with E-state index < -0.39 is 0 Å². The lowest BCUT2D eigenvalue weighted by Gasteiger charge is -2.30. The second kappa shape index (κ2) is 4.65. The average molecular weight is 234 g/mol. The zero-order chi connectivity index (χ0) is 12.3. The number of hydrogen-bond acceptors (Lipinski definition) is 3. The molecule has 4 nitrogen and oxygen atoms in total. The van der Waals surface area contributed by atoms with Crippen LogP contribution in [-0.2, 0) is 10.3 Å². The zero-order valence-corrected chi connectivity index (χ0v) is 10.0. The highest BCUT2D eigenvalue weighted by atomic mass is 16.5. The fraction of sp³-hybridized carbons (Fsp3) is 0.462. The Kier molecular flexibility index (Phi) is 3.22. The molecule has 0 radical (unpaired) electrons. The third kappa shape index (κ3) is 2.35. The number of amides is 1. The van der Waals surface area contributed by atoms with Gasteiger partial charge in [0.2, 0.25) is 0 Å². The van der Waals surface area contributed by atoms with E-state index in [4.69, 9.17) is 10.5 Å². The second-order valence-corrected chi connectivity index (χ2v) is 4.53. The van der Waals surface area contributed by atoms with E-state index in [1.807, 2.05) is 24.3 Å². The minimum Gasteiger partial charge on any atom is -0.453 e. The third-order valence-electron chi connectivity index (χ3n) is 3.45. The van der Waals surface area contributed by atoms with Crippen molar-refractivity contribution in [3.63, 3.8) is 0 Å². The Bertz CT molecular complexity index is 394. The molecule has 0 atom stereocenters. The van der Waals surface area contributed by atoms with Crippen molar-refractivity contribution in [2.45, 2.75) is 31.2 Å². The highest BCUT2D eigenvalue weighted by Gasteiger charge is 2.37. The Morgan fingerprint density at radius 2 is 1.88 bits per heavy atom. The molecule has 3 N–H and O–H groups in total. The number of hydrogen-bond donors (Lipinski definition) is 2. The van der Waals surface area contributed by atoms with Crippen LogP contribution in [0.5, 0.6) is 0 Å². The number of alkyl carbamates (subject to hydrolysis) is 1. The lowest BCUT2D eigenvalue weighted by Crippen LogP contribution is -2.43. The molecule has 2 rings (SSSR count). The zero-order valence-electron chi connectivity index (χ0n) is 10.0. The van der Waals surface area contributed by atoms with Gasteiger partial charge in [-0.15, -0.1) is 0 Å². The van der Waals surface area contributed by atoms with Crippen LogP contribution in [0.4, 0.5) is 10.5 Å². The Morgan fingerprint density at radius 1 is 1.29 bits per heavy atom. The topological polar surface area (TPSA) is 64.3 Å². The highest BCUT2D eigenvalue weighted by molar-refractivity contribution is 5.68. The minimum absolute atomic E-state index is 0.277. The molecule has 0 heterocycles. The first-order valence-corrected chi connectivity index (χ1v) is 5.88. The molecular weight excluding hydrogens is 216 g/mol. The van der Waals surface area contributed by atoms with Crippen molar-refractivity contribution in [1.82, 2.24) is 5.32 Å². The van der Waals surface area contributed by atoms with Gasteiger partial charge in [-0.3, -0.25) is 0 Å². The summed E-state index contributed by atoms with van der Waals surface area (Å²) in [7, 11) is 1.39. The maximum Gasteiger partial charge on any atom is 0.407 e. The summed E-state index contributed by atoms with van der Waals surface area (Å²) in [5.74, 6) is 0. The van der Waals surface area contributed by atoms with Crippen LogP contribution >= 0.6 is 0 Å². The molecule has 0 aliphatic heterocycles. The third-order valence-corrected chi connectivity index (χ3v) is 3.45. The van der Waals surface area contributed by atoms with E-state index in [2.05, 4.69) is 5.32 Å². The predicted molar refractivity (Wildman–Crippen MR) is 66.5 cm³/mol. The first-order valence-electron chi connectivity index (χ1n) is 5.88. The van der Waals surface area contributed by atoms with E-state index in [0.29, 0.717) is 0 Å². The Morgan fingerprint density at radius 3 is 2.41 bits per heavy atom. The van der Waals surface area contributed by atoms with Gasteiger partial charge in [-0.1, -0.05) is 25.0 Å². The van der Waals surface area contributed by atoms with E-state index in [1.54, 1.807) is 0 Å². The number of benzene rings is 1. The number of nitrogen functional groups attached to an aromatic ring is 1. The van der Waals surface area contributed by atoms with Gasteiger partial charge in [0.25, 0.3) is 0 Å². The largest absolute Gasteiger partial charge is 0.453 e. The van der Waals surface area contributed by atoms with Crippen molar-refractivity contribution < 1.29 is 9.53 Å². The molecule has 1 saturated carbocycles. The summed E-state index contributed by atoms with van der Waals surface area (Å²) in [6.07, 6.45) is 3.77. The van der Waals surface area contributed by atoms with Crippen LogP contribution < -0.4 is 11.1 Å². The molecule has 0 saturated heterocycles. The van der Waals surface area contributed by atoms with Crippen molar-refractivity contribution in [2.24, 2.45) is 0 Å². The summed E-state index contributed by atoms with van der Waals surface area (Å²) in [6.45, 7) is 0. The van der Waals surface area contributed by atoms with Gasteiger partial charge in [-0.05, 0) is 30.5 Å². The molecule has 1 aromatic rings. The summed E-state index contributed by atoms with van der Waals surface area (Å²) in [5, 5.41) is 2.98. The normalized spacial score (nSPS) is 17.7. The molecule has 4 heteroatoms. The van der Waals surface area contributed by atoms with Gasteiger partial charge < -0.3 is 15.8 Å². The van der Waals surface area contributed by atoms with E-state index in [-0.39, 0.29) is 11.6 Å². The average Bonchev–Trinajstić information content (AvgIpc) is 2.79. The number of nitrogens with two attached hydrogens (primary N) is 1. The van der Waals surface area contributed by atoms with Crippen LogP contribution in [0.15, 0.2) is 24.3 Å². The van der Waals surface area contributed by atoms with Crippen molar-refractivity contribution in [3.8, 4) is 0 Å². The molecule has 17 heavy (non-hydrogen) atoms. The quantitative estimate of drug-likeness (QED) is 0.772. The van der Waals surface area contributed by atoms with E-state index >= 15 is 0 Å². The fourth-order valence-corrected chi connectivity index (χ4v) is 2.51. The number of rotatable bonds is 2. The standard InChI is InChI=1S/C13H18N2O2/c1-17-12(16)15-13(8-2-3-9-13)10-4-6-11(14)7-5-10/h4-7H,2-3,8-9,14H2,1H3,(H,15,16). The van der Waals surface area contributed by atoms with Gasteiger partial charge in [-0.2, -0.15) is 0 Å². The molecule has 0 bridgehead atoms. The second-order valence-electron chi connectivity index (χ2n) is 4.53. The van der Waals surface area contributed by atoms with Gasteiger partial charge in [0.1, 0.15) is 0 Å². The maximum atomic E-state index is 11.5. The summed E-state index contributed by atoms with van der Waals surface area (Å²) in [6, 6.07) is 7.70. The smallest absolute Gasteiger partial charge is 0.407 e. The molecule has 1 aromatic carbocycles. The Balaban J connectivity index is 2.27. The molecule has 1 aliphatic rings. The van der Waals surface area contributed by atoms with Crippen LogP contribution in [0, 0.1) is 0 Å². The molecule has 0 unspecified atom stereocenters. The van der Waals surface area contributed by atoms with Crippen LogP contribution in [0.2, 0.25) is 0 Å². The number of ether oxygens (including phenoxy) is 1. The first kappa shape index (κ1) is 11.8. The fourth-order valence-electron chi connectivity index (χ4n) is 2.51. The number of methoxy groups -OCH3 is 1. The van der Waals surface area contributed by atoms with Crippen LogP contribution in [0.1, 0.15) is 31.2 Å². The molecular formula is C13H18N2O2. The molecule has 92 valence electrons. The summed E-state index contributed by atoms with van der Waals surface area (Å²) < 4.78 is 4.71. The summed E-state index contributed by atoms with van der Waals surface area (Å²) >= 11 is 0. The first-order chi connectivity index (χ1) is 8.16. The summed E-state index contributed by atoms with van der Waals surface area (Å²) in [5.41, 5.74) is 7.25. The van der Waals surface area contributed by atoms with Gasteiger partial charge in [0.15, 0.2) is 0 Å². The van der Waals surface area contributed by atoms with Crippen molar-refractivity contribution in [1.29, 1.82) is 0 Å². The minimum atomic E-state index is -0.372. The van der Waals surface area contributed by atoms with Gasteiger partial charge in [0, 0.05) is 5.69 Å². The summed E-state index contributed by atoms with van der Waals surface area (Å²) in [4.78, 5) is 11.5.